The number of aliphatic imine (C=N–C) groups is 1. The Labute approximate surface area is 194 Å². The van der Waals surface area contributed by atoms with Gasteiger partial charge in [0.1, 0.15) is 6.04 Å². The number of guanidine groups is 1. The van der Waals surface area contributed by atoms with Crippen LogP contribution in [0.5, 0.6) is 0 Å². The third-order valence-corrected chi connectivity index (χ3v) is 5.37. The molecule has 6 N–H and O–H groups in total. The van der Waals surface area contributed by atoms with Crippen molar-refractivity contribution >= 4 is 34.4 Å². The van der Waals surface area contributed by atoms with Crippen molar-refractivity contribution in [1.29, 1.82) is 0 Å². The zero-order valence-corrected chi connectivity index (χ0v) is 19.0. The fourth-order valence-electron chi connectivity index (χ4n) is 3.82. The molecule has 1 heterocycles. The summed E-state index contributed by atoms with van der Waals surface area (Å²) in [5, 5.41) is 4.00. The molecule has 2 aromatic carbocycles. The molecule has 0 radical (unpaired) electrons. The van der Waals surface area contributed by atoms with E-state index in [1.54, 1.807) is 4.90 Å². The van der Waals surface area contributed by atoms with Gasteiger partial charge >= 0.3 is 0 Å². The third-order valence-electron chi connectivity index (χ3n) is 5.37. The summed E-state index contributed by atoms with van der Waals surface area (Å²) in [7, 11) is 0. The molecule has 1 unspecified atom stereocenters. The van der Waals surface area contributed by atoms with E-state index in [4.69, 9.17) is 11.5 Å². The Kier molecular flexibility index (Phi) is 8.46. The number of fused-ring (bicyclic) bond motifs is 1. The SMILES string of the molecule is CCCN(C(=O)C(Cc1c[nH]c2ccccc12)NC(=O)CCCN=C(N)N)c1ccccc1. The van der Waals surface area contributed by atoms with E-state index in [9.17, 15) is 9.59 Å². The molecule has 174 valence electrons. The Morgan fingerprint density at radius 2 is 1.82 bits per heavy atom. The van der Waals surface area contributed by atoms with Gasteiger partial charge in [-0.15, -0.1) is 0 Å². The van der Waals surface area contributed by atoms with Gasteiger partial charge in [0, 0.05) is 48.7 Å². The third kappa shape index (κ3) is 6.58. The molecule has 8 nitrogen and oxygen atoms in total. The molecule has 1 aromatic heterocycles. The summed E-state index contributed by atoms with van der Waals surface area (Å²) in [5.74, 6) is -0.338. The first-order valence-corrected chi connectivity index (χ1v) is 11.3. The van der Waals surface area contributed by atoms with Crippen LogP contribution in [0.1, 0.15) is 31.7 Å². The van der Waals surface area contributed by atoms with Crippen molar-refractivity contribution in [3.05, 3.63) is 66.4 Å². The summed E-state index contributed by atoms with van der Waals surface area (Å²) in [5.41, 5.74) is 13.5. The summed E-state index contributed by atoms with van der Waals surface area (Å²) in [6.45, 7) is 2.95. The smallest absolute Gasteiger partial charge is 0.249 e. The van der Waals surface area contributed by atoms with Gasteiger partial charge in [-0.3, -0.25) is 14.6 Å². The molecule has 0 bridgehead atoms. The number of para-hydroxylation sites is 2. The molecule has 33 heavy (non-hydrogen) atoms. The van der Waals surface area contributed by atoms with Crippen LogP contribution in [0.25, 0.3) is 10.9 Å². The van der Waals surface area contributed by atoms with Crippen molar-refractivity contribution in [2.45, 2.75) is 38.6 Å². The maximum atomic E-state index is 13.7. The quantitative estimate of drug-likeness (QED) is 0.204. The second kappa shape index (κ2) is 11.7. The molecule has 1 atom stereocenters. The molecule has 0 spiro atoms. The summed E-state index contributed by atoms with van der Waals surface area (Å²) >= 11 is 0. The minimum atomic E-state index is -0.702. The molecule has 8 heteroatoms. The predicted octanol–water partition coefficient (Wildman–Crippen LogP) is 2.69. The molecular weight excluding hydrogens is 416 g/mol. The largest absolute Gasteiger partial charge is 0.370 e. The lowest BCUT2D eigenvalue weighted by molar-refractivity contribution is -0.127. The van der Waals surface area contributed by atoms with Gasteiger partial charge in [0.2, 0.25) is 11.8 Å². The van der Waals surface area contributed by atoms with E-state index < -0.39 is 6.04 Å². The van der Waals surface area contributed by atoms with Crippen LogP contribution in [0, 0.1) is 0 Å². The van der Waals surface area contributed by atoms with Crippen molar-refractivity contribution < 1.29 is 9.59 Å². The van der Waals surface area contributed by atoms with Crippen LogP contribution in [0.15, 0.2) is 65.8 Å². The van der Waals surface area contributed by atoms with Crippen molar-refractivity contribution in [1.82, 2.24) is 10.3 Å². The second-order valence-electron chi connectivity index (χ2n) is 7.92. The highest BCUT2D eigenvalue weighted by Gasteiger charge is 2.27. The van der Waals surface area contributed by atoms with Crippen molar-refractivity contribution in [2.75, 3.05) is 18.0 Å². The lowest BCUT2D eigenvalue weighted by Crippen LogP contribution is -2.50. The summed E-state index contributed by atoms with van der Waals surface area (Å²) < 4.78 is 0. The van der Waals surface area contributed by atoms with E-state index in [2.05, 4.69) is 15.3 Å². The maximum absolute atomic E-state index is 13.7. The minimum absolute atomic E-state index is 0.000803. The predicted molar refractivity (Wildman–Crippen MR) is 133 cm³/mol. The van der Waals surface area contributed by atoms with Gasteiger partial charge in [-0.05, 0) is 36.6 Å². The maximum Gasteiger partial charge on any atom is 0.249 e. The van der Waals surface area contributed by atoms with E-state index >= 15 is 0 Å². The topological polar surface area (TPSA) is 130 Å². The van der Waals surface area contributed by atoms with Crippen molar-refractivity contribution in [3.63, 3.8) is 0 Å². The standard InChI is InChI=1S/C25H32N6O2/c1-2-15-31(19-9-4-3-5-10-19)24(33)22(30-23(32)13-8-14-28-25(26)27)16-18-17-29-21-12-7-6-11-20(18)21/h3-7,9-12,17,22,29H,2,8,13-16H2,1H3,(H,30,32)(H4,26,27,28). The Bertz CT molecular complexity index is 1090. The number of anilines is 1. The Morgan fingerprint density at radius 3 is 2.55 bits per heavy atom. The monoisotopic (exact) mass is 448 g/mol. The zero-order chi connectivity index (χ0) is 23.6. The average molecular weight is 449 g/mol. The average Bonchev–Trinajstić information content (AvgIpc) is 3.23. The van der Waals surface area contributed by atoms with Crippen LogP contribution in [0.4, 0.5) is 5.69 Å². The fourth-order valence-corrected chi connectivity index (χ4v) is 3.82. The minimum Gasteiger partial charge on any atom is -0.370 e. The van der Waals surface area contributed by atoms with Crippen molar-refractivity contribution in [2.24, 2.45) is 16.5 Å². The highest BCUT2D eigenvalue weighted by Crippen LogP contribution is 2.21. The number of nitrogens with zero attached hydrogens (tertiary/aromatic N) is 2. The Hall–Kier alpha value is -3.81. The molecule has 3 rings (SSSR count). The first kappa shape index (κ1) is 23.8. The van der Waals surface area contributed by atoms with Crippen LogP contribution >= 0.6 is 0 Å². The van der Waals surface area contributed by atoms with Gasteiger partial charge < -0.3 is 26.7 Å². The lowest BCUT2D eigenvalue weighted by Gasteiger charge is -2.28. The summed E-state index contributed by atoms with van der Waals surface area (Å²) in [6.07, 6.45) is 3.81. The van der Waals surface area contributed by atoms with E-state index in [0.29, 0.717) is 25.9 Å². The highest BCUT2D eigenvalue weighted by molar-refractivity contribution is 5.99. The first-order chi connectivity index (χ1) is 16.0. The molecule has 0 fully saturated rings. The van der Waals surface area contributed by atoms with Crippen LogP contribution < -0.4 is 21.7 Å². The number of rotatable bonds is 11. The Morgan fingerprint density at radius 1 is 1.09 bits per heavy atom. The number of aromatic nitrogens is 1. The van der Waals surface area contributed by atoms with E-state index in [0.717, 1.165) is 28.6 Å². The number of nitrogens with two attached hydrogens (primary N) is 2. The molecule has 0 aliphatic rings. The van der Waals surface area contributed by atoms with Crippen LogP contribution in [-0.4, -0.2) is 41.9 Å². The Balaban J connectivity index is 1.82. The van der Waals surface area contributed by atoms with E-state index in [1.807, 2.05) is 67.7 Å². The van der Waals surface area contributed by atoms with Crippen LogP contribution in [0.2, 0.25) is 0 Å². The van der Waals surface area contributed by atoms with Gasteiger partial charge in [-0.25, -0.2) is 0 Å². The summed E-state index contributed by atoms with van der Waals surface area (Å²) in [4.78, 5) is 35.3. The number of hydrogen-bond acceptors (Lipinski definition) is 3. The molecule has 0 aliphatic heterocycles. The number of carbonyl (C=O) groups excluding carboxylic acids is 2. The van der Waals surface area contributed by atoms with Crippen LogP contribution in [0.3, 0.4) is 0 Å². The highest BCUT2D eigenvalue weighted by atomic mass is 16.2. The second-order valence-corrected chi connectivity index (χ2v) is 7.92. The number of benzene rings is 2. The molecule has 0 saturated carbocycles. The van der Waals surface area contributed by atoms with Gasteiger partial charge in [-0.2, -0.15) is 0 Å². The first-order valence-electron chi connectivity index (χ1n) is 11.3. The van der Waals surface area contributed by atoms with Gasteiger partial charge in [0.05, 0.1) is 0 Å². The summed E-state index contributed by atoms with van der Waals surface area (Å²) in [6, 6.07) is 16.8. The number of hydrogen-bond donors (Lipinski definition) is 4. The van der Waals surface area contributed by atoms with Gasteiger partial charge in [0.25, 0.3) is 0 Å². The number of nitrogens with one attached hydrogen (secondary N) is 2. The van der Waals surface area contributed by atoms with Crippen molar-refractivity contribution in [3.8, 4) is 0 Å². The lowest BCUT2D eigenvalue weighted by atomic mass is 10.0. The van der Waals surface area contributed by atoms with Crippen LogP contribution in [-0.2, 0) is 16.0 Å². The fraction of sp³-hybridized carbons (Fsp3) is 0.320. The number of amides is 2. The molecule has 0 saturated heterocycles. The van der Waals surface area contributed by atoms with E-state index in [-0.39, 0.29) is 24.2 Å². The molecule has 0 aliphatic carbocycles. The number of aromatic amines is 1. The number of carbonyl (C=O) groups is 2. The molecule has 2 amide bonds. The molecular formula is C25H32N6O2. The molecule has 3 aromatic rings. The van der Waals surface area contributed by atoms with Gasteiger partial charge in [0.15, 0.2) is 5.96 Å². The van der Waals surface area contributed by atoms with Gasteiger partial charge in [-0.1, -0.05) is 43.3 Å². The normalized spacial score (nSPS) is 11.7. The number of H-pyrrole nitrogens is 1. The zero-order valence-electron chi connectivity index (χ0n) is 19.0. The van der Waals surface area contributed by atoms with E-state index in [1.165, 1.54) is 0 Å².